The number of aromatic nitrogens is 1. The summed E-state index contributed by atoms with van der Waals surface area (Å²) in [5, 5.41) is 3.43. The lowest BCUT2D eigenvalue weighted by atomic mass is 10.1. The Labute approximate surface area is 95.6 Å². The molecule has 0 unspecified atom stereocenters. The lowest BCUT2D eigenvalue weighted by Gasteiger charge is -2.03. The van der Waals surface area contributed by atoms with E-state index < -0.39 is 0 Å². The maximum Gasteiger partial charge on any atom is 0.148 e. The van der Waals surface area contributed by atoms with Gasteiger partial charge >= 0.3 is 0 Å². The first-order valence-corrected chi connectivity index (χ1v) is 5.77. The topological polar surface area (TPSA) is 24.9 Å². The number of pyridine rings is 1. The van der Waals surface area contributed by atoms with E-state index in [0.29, 0.717) is 5.56 Å². The van der Waals surface area contributed by atoms with E-state index in [9.17, 15) is 4.39 Å². The molecular formula is C13H17FN2. The molecule has 1 saturated carbocycles. The fourth-order valence-electron chi connectivity index (χ4n) is 1.67. The molecule has 0 saturated heterocycles. The van der Waals surface area contributed by atoms with Crippen LogP contribution in [0, 0.1) is 5.82 Å². The number of hydrogen-bond donors (Lipinski definition) is 1. The predicted molar refractivity (Wildman–Crippen MR) is 63.5 cm³/mol. The van der Waals surface area contributed by atoms with Crippen molar-refractivity contribution in [3.05, 3.63) is 35.9 Å². The second-order valence-corrected chi connectivity index (χ2v) is 4.26. The van der Waals surface area contributed by atoms with Gasteiger partial charge in [0.1, 0.15) is 5.82 Å². The first kappa shape index (κ1) is 11.3. The molecule has 3 heteroatoms. The van der Waals surface area contributed by atoms with Crippen molar-refractivity contribution in [2.24, 2.45) is 0 Å². The molecule has 0 radical (unpaired) electrons. The molecule has 16 heavy (non-hydrogen) atoms. The summed E-state index contributed by atoms with van der Waals surface area (Å²) >= 11 is 0. The van der Waals surface area contributed by atoms with Crippen LogP contribution in [0.25, 0.3) is 5.57 Å². The molecule has 0 aliphatic heterocycles. The zero-order valence-corrected chi connectivity index (χ0v) is 9.54. The van der Waals surface area contributed by atoms with Crippen molar-refractivity contribution in [3.8, 4) is 0 Å². The van der Waals surface area contributed by atoms with Crippen molar-refractivity contribution in [2.45, 2.75) is 32.2 Å². The fourth-order valence-corrected chi connectivity index (χ4v) is 1.67. The van der Waals surface area contributed by atoms with E-state index >= 15 is 0 Å². The maximum absolute atomic E-state index is 13.4. The highest BCUT2D eigenvalue weighted by Gasteiger charge is 2.19. The number of halogens is 1. The van der Waals surface area contributed by atoms with Gasteiger partial charge in [0.15, 0.2) is 0 Å². The molecule has 2 nitrogen and oxygen atoms in total. The summed E-state index contributed by atoms with van der Waals surface area (Å²) in [5.41, 5.74) is 1.64. The molecule has 1 N–H and O–H groups in total. The standard InChI is InChI=1S/C13H17FN2/c1-10(3-2-7-16-11-4-5-11)12-6-8-15-9-13(12)14/h3,6,8-9,11,16H,2,4-5,7H2,1H3/b10-3-. The molecule has 1 heterocycles. The highest BCUT2D eigenvalue weighted by molar-refractivity contribution is 5.63. The summed E-state index contributed by atoms with van der Waals surface area (Å²) < 4.78 is 13.4. The minimum absolute atomic E-state index is 0.244. The normalized spacial score (nSPS) is 16.5. The van der Waals surface area contributed by atoms with Gasteiger partial charge in [-0.1, -0.05) is 6.08 Å². The lowest BCUT2D eigenvalue weighted by Crippen LogP contribution is -2.16. The molecule has 1 fully saturated rings. The molecular weight excluding hydrogens is 203 g/mol. The van der Waals surface area contributed by atoms with Gasteiger partial charge in [-0.3, -0.25) is 4.98 Å². The second-order valence-electron chi connectivity index (χ2n) is 4.26. The monoisotopic (exact) mass is 220 g/mol. The minimum atomic E-state index is -0.244. The predicted octanol–water partition coefficient (Wildman–Crippen LogP) is 2.77. The maximum atomic E-state index is 13.4. The van der Waals surface area contributed by atoms with Crippen LogP contribution in [0.2, 0.25) is 0 Å². The van der Waals surface area contributed by atoms with Crippen molar-refractivity contribution < 1.29 is 4.39 Å². The molecule has 0 amide bonds. The summed E-state index contributed by atoms with van der Waals surface area (Å²) in [4.78, 5) is 3.74. The van der Waals surface area contributed by atoms with Crippen LogP contribution < -0.4 is 5.32 Å². The fraction of sp³-hybridized carbons (Fsp3) is 0.462. The first-order valence-electron chi connectivity index (χ1n) is 5.77. The molecule has 1 aliphatic carbocycles. The molecule has 1 aromatic rings. The van der Waals surface area contributed by atoms with E-state index in [4.69, 9.17) is 0 Å². The molecule has 0 bridgehead atoms. The summed E-state index contributed by atoms with van der Waals surface area (Å²) in [7, 11) is 0. The van der Waals surface area contributed by atoms with Crippen LogP contribution in [-0.2, 0) is 0 Å². The van der Waals surface area contributed by atoms with Gasteiger partial charge < -0.3 is 5.32 Å². The van der Waals surface area contributed by atoms with Crippen molar-refractivity contribution in [3.63, 3.8) is 0 Å². The van der Waals surface area contributed by atoms with Crippen LogP contribution in [0.1, 0.15) is 31.7 Å². The Morgan fingerprint density at radius 2 is 2.44 bits per heavy atom. The summed E-state index contributed by atoms with van der Waals surface area (Å²) in [6.45, 7) is 2.92. The molecule has 0 spiro atoms. The Bertz CT molecular complexity index is 383. The lowest BCUT2D eigenvalue weighted by molar-refractivity contribution is 0.617. The molecule has 1 aromatic heterocycles. The number of hydrogen-bond acceptors (Lipinski definition) is 2. The van der Waals surface area contributed by atoms with Crippen LogP contribution in [0.4, 0.5) is 4.39 Å². The van der Waals surface area contributed by atoms with Gasteiger partial charge in [0.05, 0.1) is 6.20 Å². The van der Waals surface area contributed by atoms with Gasteiger partial charge in [0, 0.05) is 17.8 Å². The van der Waals surface area contributed by atoms with Crippen molar-refractivity contribution in [1.82, 2.24) is 10.3 Å². The van der Waals surface area contributed by atoms with Crippen LogP contribution in [0.15, 0.2) is 24.5 Å². The van der Waals surface area contributed by atoms with Gasteiger partial charge in [0.2, 0.25) is 0 Å². The Morgan fingerprint density at radius 3 is 3.12 bits per heavy atom. The summed E-state index contributed by atoms with van der Waals surface area (Å²) in [5.74, 6) is -0.244. The Balaban J connectivity index is 1.87. The van der Waals surface area contributed by atoms with Crippen LogP contribution in [0.5, 0.6) is 0 Å². The van der Waals surface area contributed by atoms with Gasteiger partial charge in [-0.05, 0) is 44.4 Å². The molecule has 0 atom stereocenters. The van der Waals surface area contributed by atoms with E-state index in [2.05, 4.69) is 16.4 Å². The Hall–Kier alpha value is -1.22. The number of allylic oxidation sites excluding steroid dienone is 1. The average Bonchev–Trinajstić information content (AvgIpc) is 3.08. The first-order chi connectivity index (χ1) is 7.77. The number of nitrogens with one attached hydrogen (secondary N) is 1. The van der Waals surface area contributed by atoms with Gasteiger partial charge in [-0.2, -0.15) is 0 Å². The van der Waals surface area contributed by atoms with Crippen LogP contribution >= 0.6 is 0 Å². The highest BCUT2D eigenvalue weighted by Crippen LogP contribution is 2.19. The van der Waals surface area contributed by atoms with E-state index in [1.807, 2.05) is 6.92 Å². The molecule has 1 aliphatic rings. The van der Waals surface area contributed by atoms with E-state index in [0.717, 1.165) is 24.6 Å². The second kappa shape index (κ2) is 5.21. The van der Waals surface area contributed by atoms with Gasteiger partial charge in [-0.25, -0.2) is 4.39 Å². The Kier molecular flexibility index (Phi) is 3.67. The SMILES string of the molecule is C/C(=C/CCNC1CC1)c1ccncc1F. The third kappa shape index (κ3) is 3.14. The van der Waals surface area contributed by atoms with E-state index in [1.165, 1.54) is 19.0 Å². The van der Waals surface area contributed by atoms with Gasteiger partial charge in [0.25, 0.3) is 0 Å². The molecule has 86 valence electrons. The van der Waals surface area contributed by atoms with E-state index in [1.54, 1.807) is 12.3 Å². The average molecular weight is 220 g/mol. The van der Waals surface area contributed by atoms with Crippen molar-refractivity contribution >= 4 is 5.57 Å². The quantitative estimate of drug-likeness (QED) is 0.772. The summed E-state index contributed by atoms with van der Waals surface area (Å²) in [6, 6.07) is 2.46. The van der Waals surface area contributed by atoms with Gasteiger partial charge in [-0.15, -0.1) is 0 Å². The molecule has 2 rings (SSSR count). The van der Waals surface area contributed by atoms with Crippen LogP contribution in [-0.4, -0.2) is 17.6 Å². The minimum Gasteiger partial charge on any atom is -0.314 e. The summed E-state index contributed by atoms with van der Waals surface area (Å²) in [6.07, 6.45) is 8.52. The van der Waals surface area contributed by atoms with Crippen molar-refractivity contribution in [1.29, 1.82) is 0 Å². The zero-order chi connectivity index (χ0) is 11.4. The van der Waals surface area contributed by atoms with Crippen molar-refractivity contribution in [2.75, 3.05) is 6.54 Å². The number of nitrogens with zero attached hydrogens (tertiary/aromatic N) is 1. The van der Waals surface area contributed by atoms with E-state index in [-0.39, 0.29) is 5.82 Å². The largest absolute Gasteiger partial charge is 0.314 e. The zero-order valence-electron chi connectivity index (χ0n) is 9.54. The smallest absolute Gasteiger partial charge is 0.148 e. The molecule has 0 aromatic carbocycles. The Morgan fingerprint density at radius 1 is 1.62 bits per heavy atom. The third-order valence-corrected chi connectivity index (χ3v) is 2.80. The number of rotatable bonds is 5. The van der Waals surface area contributed by atoms with Crippen LogP contribution in [0.3, 0.4) is 0 Å². The highest BCUT2D eigenvalue weighted by atomic mass is 19.1. The third-order valence-electron chi connectivity index (χ3n) is 2.80.